The third kappa shape index (κ3) is 4.00. The summed E-state index contributed by atoms with van der Waals surface area (Å²) >= 11 is 0. The highest BCUT2D eigenvalue weighted by atomic mass is 16.6. The number of non-ortho nitro benzene ring substituents is 1. The molecule has 170 valence electrons. The van der Waals surface area contributed by atoms with Gasteiger partial charge in [0.05, 0.1) is 17.0 Å². The molecule has 0 atom stereocenters. The van der Waals surface area contributed by atoms with Gasteiger partial charge in [0.1, 0.15) is 5.70 Å². The van der Waals surface area contributed by atoms with Crippen molar-refractivity contribution in [1.82, 2.24) is 10.2 Å². The summed E-state index contributed by atoms with van der Waals surface area (Å²) < 4.78 is 0. The molecule has 2 aliphatic rings. The smallest absolute Gasteiger partial charge is 0.329 e. The largest absolute Gasteiger partial charge is 0.365 e. The Morgan fingerprint density at radius 2 is 1.79 bits per heavy atom. The number of imide groups is 1. The lowest BCUT2D eigenvalue weighted by Crippen LogP contribution is -2.42. The minimum absolute atomic E-state index is 0.0326. The van der Waals surface area contributed by atoms with Gasteiger partial charge in [-0.1, -0.05) is 18.2 Å². The molecular weight excluding hydrogens is 420 g/mol. The summed E-state index contributed by atoms with van der Waals surface area (Å²) in [5, 5.41) is 13.5. The first-order valence-electron chi connectivity index (χ1n) is 10.6. The van der Waals surface area contributed by atoms with Crippen LogP contribution < -0.4 is 10.2 Å². The van der Waals surface area contributed by atoms with Crippen molar-refractivity contribution < 1.29 is 14.5 Å². The van der Waals surface area contributed by atoms with Crippen LogP contribution in [-0.2, 0) is 11.3 Å². The third-order valence-electron chi connectivity index (χ3n) is 6.35. The van der Waals surface area contributed by atoms with Crippen molar-refractivity contribution in [2.75, 3.05) is 11.9 Å². The summed E-state index contributed by atoms with van der Waals surface area (Å²) in [5.74, 6) is -0.430. The summed E-state index contributed by atoms with van der Waals surface area (Å²) in [6, 6.07) is 9.44. The van der Waals surface area contributed by atoms with Crippen molar-refractivity contribution in [2.45, 2.75) is 39.8 Å². The quantitative estimate of drug-likeness (QED) is 0.320. The van der Waals surface area contributed by atoms with Gasteiger partial charge < -0.3 is 10.2 Å². The lowest BCUT2D eigenvalue weighted by atomic mass is 9.87. The summed E-state index contributed by atoms with van der Waals surface area (Å²) in [6.07, 6.45) is 3.93. The molecule has 1 fully saturated rings. The predicted molar refractivity (Wildman–Crippen MR) is 127 cm³/mol. The number of hydrogen-bond acceptors (Lipinski definition) is 5. The number of amides is 3. The Hall–Kier alpha value is -3.94. The number of nitro groups is 1. The summed E-state index contributed by atoms with van der Waals surface area (Å²) in [4.78, 5) is 39.1. The number of nitrogens with one attached hydrogen (secondary N) is 1. The number of fused-ring (bicyclic) bond motifs is 1. The minimum atomic E-state index is -0.516. The van der Waals surface area contributed by atoms with Crippen LogP contribution in [0.5, 0.6) is 0 Å². The van der Waals surface area contributed by atoms with E-state index in [2.05, 4.69) is 50.2 Å². The topological polar surface area (TPSA) is 95.8 Å². The Morgan fingerprint density at radius 1 is 1.12 bits per heavy atom. The first-order valence-corrected chi connectivity index (χ1v) is 10.6. The van der Waals surface area contributed by atoms with Crippen LogP contribution >= 0.6 is 0 Å². The highest BCUT2D eigenvalue weighted by Crippen LogP contribution is 2.39. The van der Waals surface area contributed by atoms with E-state index in [4.69, 9.17) is 0 Å². The van der Waals surface area contributed by atoms with E-state index in [1.807, 2.05) is 13.0 Å². The molecule has 2 aromatic rings. The van der Waals surface area contributed by atoms with E-state index >= 15 is 0 Å². The van der Waals surface area contributed by atoms with Crippen molar-refractivity contribution >= 4 is 35.0 Å². The van der Waals surface area contributed by atoms with Crippen molar-refractivity contribution in [3.8, 4) is 0 Å². The number of rotatable bonds is 4. The lowest BCUT2D eigenvalue weighted by Gasteiger charge is -2.41. The number of likely N-dealkylation sites (N-methyl/N-ethyl adjacent to an activating group) is 1. The fraction of sp³-hybridized carbons (Fsp3) is 0.280. The van der Waals surface area contributed by atoms with Crippen molar-refractivity contribution in [2.24, 2.45) is 0 Å². The number of allylic oxidation sites excluding steroid dienone is 1. The van der Waals surface area contributed by atoms with Gasteiger partial charge in [-0.3, -0.25) is 19.8 Å². The molecule has 2 aromatic carbocycles. The Kier molecular flexibility index (Phi) is 5.32. The number of urea groups is 1. The lowest BCUT2D eigenvalue weighted by molar-refractivity contribution is -0.384. The van der Waals surface area contributed by atoms with Crippen LogP contribution in [0.3, 0.4) is 0 Å². The van der Waals surface area contributed by atoms with Crippen LogP contribution in [0.2, 0.25) is 0 Å². The molecule has 0 radical (unpaired) electrons. The standard InChI is InChI=1S/C25H26N4O4/c1-15-10-22-20(16(2)13-25(3,4)27(22)5)11-18(15)12-21-23(30)28(24(31)26-21)14-17-6-8-19(9-7-17)29(32)33/h6-13H,14H2,1-5H3,(H,26,31)/b21-12+. The maximum absolute atomic E-state index is 12.9. The van der Waals surface area contributed by atoms with Gasteiger partial charge in [-0.05, 0) is 68.2 Å². The second-order valence-corrected chi connectivity index (χ2v) is 9.07. The van der Waals surface area contributed by atoms with Crippen molar-refractivity contribution in [1.29, 1.82) is 0 Å². The molecule has 33 heavy (non-hydrogen) atoms. The molecule has 8 nitrogen and oxygen atoms in total. The molecule has 0 aliphatic carbocycles. The van der Waals surface area contributed by atoms with Crippen LogP contribution in [0.4, 0.5) is 16.2 Å². The second kappa shape index (κ2) is 7.88. The zero-order valence-electron chi connectivity index (χ0n) is 19.3. The molecule has 0 spiro atoms. The monoisotopic (exact) mass is 446 g/mol. The number of carbonyl (C=O) groups excluding carboxylic acids is 2. The highest BCUT2D eigenvalue weighted by molar-refractivity contribution is 6.14. The third-order valence-corrected chi connectivity index (χ3v) is 6.35. The normalized spacial score (nSPS) is 18.3. The average molecular weight is 447 g/mol. The van der Waals surface area contributed by atoms with Gasteiger partial charge in [-0.25, -0.2) is 4.79 Å². The summed E-state index contributed by atoms with van der Waals surface area (Å²) in [5.41, 5.74) is 5.92. The van der Waals surface area contributed by atoms with Crippen LogP contribution in [0.25, 0.3) is 11.6 Å². The maximum Gasteiger partial charge on any atom is 0.329 e. The first-order chi connectivity index (χ1) is 15.5. The van der Waals surface area contributed by atoms with Gasteiger partial charge in [0.25, 0.3) is 11.6 Å². The summed E-state index contributed by atoms with van der Waals surface area (Å²) in [7, 11) is 2.07. The second-order valence-electron chi connectivity index (χ2n) is 9.07. The molecule has 0 aromatic heterocycles. The molecular formula is C25H26N4O4. The Labute approximate surface area is 192 Å². The fourth-order valence-corrected chi connectivity index (χ4v) is 4.25. The molecule has 2 heterocycles. The first kappa shape index (κ1) is 22.3. The molecule has 2 aliphatic heterocycles. The molecule has 0 unspecified atom stereocenters. The van der Waals surface area contributed by atoms with Crippen molar-refractivity contribution in [3.63, 3.8) is 0 Å². The molecule has 4 rings (SSSR count). The van der Waals surface area contributed by atoms with Gasteiger partial charge >= 0.3 is 6.03 Å². The molecule has 1 saturated heterocycles. The molecule has 0 saturated carbocycles. The van der Waals surface area contributed by atoms with E-state index in [1.54, 1.807) is 18.2 Å². The van der Waals surface area contributed by atoms with E-state index in [0.717, 1.165) is 32.9 Å². The number of nitro benzene ring substituents is 1. The van der Waals surface area contributed by atoms with Crippen LogP contribution in [-0.4, -0.2) is 34.3 Å². The van der Waals surface area contributed by atoms with E-state index in [9.17, 15) is 19.7 Å². The SMILES string of the molecule is CC1=CC(C)(C)N(C)c2cc(C)c(/C=C3/NC(=O)N(Cc4ccc([N+](=O)[O-])cc4)C3=O)cc21. The minimum Gasteiger partial charge on any atom is -0.365 e. The van der Waals surface area contributed by atoms with E-state index in [-0.39, 0.29) is 23.5 Å². The predicted octanol–water partition coefficient (Wildman–Crippen LogP) is 4.63. The Bertz CT molecular complexity index is 1240. The maximum atomic E-state index is 12.9. The molecule has 8 heteroatoms. The van der Waals surface area contributed by atoms with Crippen LogP contribution in [0.15, 0.2) is 48.2 Å². The highest BCUT2D eigenvalue weighted by Gasteiger charge is 2.34. The fourth-order valence-electron chi connectivity index (χ4n) is 4.25. The molecule has 1 N–H and O–H groups in total. The number of hydrogen-bond donors (Lipinski definition) is 1. The number of anilines is 1. The van der Waals surface area contributed by atoms with Gasteiger partial charge in [-0.15, -0.1) is 0 Å². The average Bonchev–Trinajstić information content (AvgIpc) is 3.00. The Morgan fingerprint density at radius 3 is 2.42 bits per heavy atom. The van der Waals surface area contributed by atoms with Gasteiger partial charge in [-0.2, -0.15) is 0 Å². The molecule has 0 bridgehead atoms. The van der Waals surface area contributed by atoms with Gasteiger partial charge in [0, 0.05) is 30.4 Å². The van der Waals surface area contributed by atoms with E-state index in [1.165, 1.54) is 12.1 Å². The zero-order valence-corrected chi connectivity index (χ0v) is 19.3. The van der Waals surface area contributed by atoms with Gasteiger partial charge in [0.15, 0.2) is 0 Å². The number of carbonyl (C=O) groups is 2. The van der Waals surface area contributed by atoms with E-state index in [0.29, 0.717) is 5.56 Å². The Balaban J connectivity index is 1.61. The van der Waals surface area contributed by atoms with Crippen LogP contribution in [0.1, 0.15) is 43.0 Å². The van der Waals surface area contributed by atoms with E-state index < -0.39 is 16.9 Å². The number of benzene rings is 2. The van der Waals surface area contributed by atoms with Crippen LogP contribution in [0, 0.1) is 17.0 Å². The number of nitrogens with zero attached hydrogens (tertiary/aromatic N) is 3. The molecule has 3 amide bonds. The zero-order chi connectivity index (χ0) is 24.1. The summed E-state index contributed by atoms with van der Waals surface area (Å²) in [6.45, 7) is 8.42. The van der Waals surface area contributed by atoms with Crippen molar-refractivity contribution in [3.05, 3.63) is 80.5 Å². The number of aryl methyl sites for hydroxylation is 1. The van der Waals surface area contributed by atoms with Gasteiger partial charge in [0.2, 0.25) is 0 Å².